The molecule has 0 radical (unpaired) electrons. The number of nitrogens with zero attached hydrogens (tertiary/aromatic N) is 1. The van der Waals surface area contributed by atoms with Gasteiger partial charge in [0.1, 0.15) is 0 Å². The molecule has 2 rings (SSSR count). The molecule has 3 heteroatoms. The van der Waals surface area contributed by atoms with Crippen molar-refractivity contribution in [1.82, 2.24) is 4.98 Å². The van der Waals surface area contributed by atoms with Gasteiger partial charge in [0.15, 0.2) is 0 Å². The normalized spacial score (nSPS) is 10.8. The van der Waals surface area contributed by atoms with E-state index in [1.807, 2.05) is 13.0 Å². The van der Waals surface area contributed by atoms with E-state index < -0.39 is 0 Å². The lowest BCUT2D eigenvalue weighted by atomic mass is 10.0. The summed E-state index contributed by atoms with van der Waals surface area (Å²) in [5, 5.41) is 10.3. The molecule has 0 saturated carbocycles. The van der Waals surface area contributed by atoms with Gasteiger partial charge in [-0.25, -0.2) is 4.98 Å². The Morgan fingerprint density at radius 1 is 1.25 bits per heavy atom. The lowest BCUT2D eigenvalue weighted by Crippen LogP contribution is -1.90. The largest absolute Gasteiger partial charge is 0.391 e. The van der Waals surface area contributed by atoms with E-state index in [-0.39, 0.29) is 6.61 Å². The van der Waals surface area contributed by atoms with Crippen molar-refractivity contribution < 1.29 is 5.11 Å². The van der Waals surface area contributed by atoms with Gasteiger partial charge >= 0.3 is 0 Å². The smallest absolute Gasteiger partial charge is 0.0905 e. The molecule has 0 atom stereocenters. The van der Waals surface area contributed by atoms with Crippen molar-refractivity contribution in [3.05, 3.63) is 39.2 Å². The summed E-state index contributed by atoms with van der Waals surface area (Å²) in [5.41, 5.74) is 4.56. The second-order valence-electron chi connectivity index (χ2n) is 3.91. The summed E-state index contributed by atoms with van der Waals surface area (Å²) in [7, 11) is 0. The van der Waals surface area contributed by atoms with E-state index in [4.69, 9.17) is 0 Å². The summed E-state index contributed by atoms with van der Waals surface area (Å²) < 4.78 is 0. The number of hydrogen-bond donors (Lipinski definition) is 1. The second kappa shape index (κ2) is 4.36. The van der Waals surface area contributed by atoms with Gasteiger partial charge in [0.05, 0.1) is 22.2 Å². The summed E-state index contributed by atoms with van der Waals surface area (Å²) >= 11 is 1.56. The van der Waals surface area contributed by atoms with Gasteiger partial charge in [0.2, 0.25) is 0 Å². The number of rotatable bonds is 2. The number of thiazole rings is 1. The Balaban J connectivity index is 2.62. The quantitative estimate of drug-likeness (QED) is 0.864. The molecule has 0 amide bonds. The number of aliphatic hydroxyl groups is 1. The molecule has 1 aromatic heterocycles. The first-order chi connectivity index (χ1) is 7.63. The van der Waals surface area contributed by atoms with Crippen molar-refractivity contribution in [2.45, 2.75) is 27.4 Å². The topological polar surface area (TPSA) is 33.1 Å². The minimum Gasteiger partial charge on any atom is -0.391 e. The first kappa shape index (κ1) is 11.3. The van der Waals surface area contributed by atoms with Gasteiger partial charge in [-0.05, 0) is 31.9 Å². The number of benzene rings is 1. The molecule has 1 aromatic carbocycles. The molecule has 0 aliphatic heterocycles. The van der Waals surface area contributed by atoms with Crippen LogP contribution in [0.2, 0.25) is 0 Å². The minimum atomic E-state index is 0.0637. The van der Waals surface area contributed by atoms with Crippen LogP contribution in [0.5, 0.6) is 0 Å². The van der Waals surface area contributed by atoms with Crippen LogP contribution in [-0.2, 0) is 6.61 Å². The highest BCUT2D eigenvalue weighted by molar-refractivity contribution is 7.12. The third kappa shape index (κ3) is 1.88. The minimum absolute atomic E-state index is 0.0637. The maximum atomic E-state index is 9.32. The van der Waals surface area contributed by atoms with Crippen LogP contribution in [0, 0.1) is 20.8 Å². The predicted octanol–water partition coefficient (Wildman–Crippen LogP) is 3.23. The van der Waals surface area contributed by atoms with Crippen molar-refractivity contribution in [3.63, 3.8) is 0 Å². The summed E-state index contributed by atoms with van der Waals surface area (Å²) in [6, 6.07) is 6.19. The summed E-state index contributed by atoms with van der Waals surface area (Å²) in [5.74, 6) is 0. The SMILES string of the molecule is Cc1nc(-c2cccc(C)c2C)c(CO)s1. The Labute approximate surface area is 99.6 Å². The lowest BCUT2D eigenvalue weighted by molar-refractivity contribution is 0.286. The highest BCUT2D eigenvalue weighted by atomic mass is 32.1. The molecule has 0 fully saturated rings. The maximum absolute atomic E-state index is 9.32. The number of hydrogen-bond acceptors (Lipinski definition) is 3. The predicted molar refractivity (Wildman–Crippen MR) is 67.7 cm³/mol. The van der Waals surface area contributed by atoms with E-state index in [0.29, 0.717) is 0 Å². The first-order valence-corrected chi connectivity index (χ1v) is 6.09. The molecular formula is C13H15NOS. The zero-order valence-corrected chi connectivity index (χ0v) is 10.6. The summed E-state index contributed by atoms with van der Waals surface area (Å²) in [4.78, 5) is 5.46. The Bertz CT molecular complexity index is 517. The van der Waals surface area contributed by atoms with Gasteiger partial charge in [0.25, 0.3) is 0 Å². The number of aromatic nitrogens is 1. The molecule has 16 heavy (non-hydrogen) atoms. The average molecular weight is 233 g/mol. The summed E-state index contributed by atoms with van der Waals surface area (Å²) in [6.45, 7) is 6.23. The first-order valence-electron chi connectivity index (χ1n) is 5.27. The standard InChI is InChI=1S/C13H15NOS/c1-8-5-4-6-11(9(8)2)13-12(7-15)16-10(3)14-13/h4-6,15H,7H2,1-3H3. The fourth-order valence-electron chi connectivity index (χ4n) is 1.79. The molecule has 0 aliphatic carbocycles. The average Bonchev–Trinajstić information content (AvgIpc) is 2.63. The molecule has 1 N–H and O–H groups in total. The van der Waals surface area contributed by atoms with Crippen LogP contribution in [-0.4, -0.2) is 10.1 Å². The molecule has 0 spiro atoms. The Kier molecular flexibility index (Phi) is 3.08. The van der Waals surface area contributed by atoms with Crippen LogP contribution < -0.4 is 0 Å². The van der Waals surface area contributed by atoms with E-state index in [1.165, 1.54) is 11.1 Å². The zero-order valence-electron chi connectivity index (χ0n) is 9.74. The summed E-state index contributed by atoms with van der Waals surface area (Å²) in [6.07, 6.45) is 0. The molecular weight excluding hydrogens is 218 g/mol. The highest BCUT2D eigenvalue weighted by Gasteiger charge is 2.12. The van der Waals surface area contributed by atoms with Gasteiger partial charge in [0, 0.05) is 5.56 Å². The van der Waals surface area contributed by atoms with Gasteiger partial charge in [-0.3, -0.25) is 0 Å². The van der Waals surface area contributed by atoms with Crippen molar-refractivity contribution in [1.29, 1.82) is 0 Å². The Morgan fingerprint density at radius 2 is 2.00 bits per heavy atom. The van der Waals surface area contributed by atoms with Crippen LogP contribution in [0.1, 0.15) is 21.0 Å². The van der Waals surface area contributed by atoms with E-state index in [2.05, 4.69) is 31.0 Å². The van der Waals surface area contributed by atoms with Gasteiger partial charge < -0.3 is 5.11 Å². The molecule has 0 unspecified atom stereocenters. The molecule has 84 valence electrons. The van der Waals surface area contributed by atoms with E-state index in [9.17, 15) is 5.11 Å². The molecule has 0 bridgehead atoms. The lowest BCUT2D eigenvalue weighted by Gasteiger charge is -2.07. The zero-order chi connectivity index (χ0) is 11.7. The van der Waals surface area contributed by atoms with Crippen LogP contribution in [0.25, 0.3) is 11.3 Å². The fourth-order valence-corrected chi connectivity index (χ4v) is 2.60. The maximum Gasteiger partial charge on any atom is 0.0905 e. The second-order valence-corrected chi connectivity index (χ2v) is 5.20. The number of aliphatic hydroxyl groups excluding tert-OH is 1. The van der Waals surface area contributed by atoms with E-state index in [1.54, 1.807) is 11.3 Å². The van der Waals surface area contributed by atoms with Crippen LogP contribution in [0.3, 0.4) is 0 Å². The monoisotopic (exact) mass is 233 g/mol. The van der Waals surface area contributed by atoms with E-state index in [0.717, 1.165) is 21.1 Å². The van der Waals surface area contributed by atoms with Gasteiger partial charge in [-0.2, -0.15) is 0 Å². The molecule has 1 heterocycles. The van der Waals surface area contributed by atoms with Crippen molar-refractivity contribution in [2.24, 2.45) is 0 Å². The Hall–Kier alpha value is -1.19. The van der Waals surface area contributed by atoms with Crippen LogP contribution in [0.4, 0.5) is 0 Å². The molecule has 0 aliphatic rings. The molecule has 2 nitrogen and oxygen atoms in total. The third-order valence-electron chi connectivity index (χ3n) is 2.81. The van der Waals surface area contributed by atoms with Crippen LogP contribution >= 0.6 is 11.3 Å². The van der Waals surface area contributed by atoms with Gasteiger partial charge in [-0.1, -0.05) is 18.2 Å². The fraction of sp³-hybridized carbons (Fsp3) is 0.308. The molecule has 2 aromatic rings. The van der Waals surface area contributed by atoms with Crippen LogP contribution in [0.15, 0.2) is 18.2 Å². The van der Waals surface area contributed by atoms with Crippen molar-refractivity contribution in [2.75, 3.05) is 0 Å². The Morgan fingerprint density at radius 3 is 2.69 bits per heavy atom. The van der Waals surface area contributed by atoms with Crippen molar-refractivity contribution in [3.8, 4) is 11.3 Å². The third-order valence-corrected chi connectivity index (χ3v) is 3.76. The van der Waals surface area contributed by atoms with E-state index >= 15 is 0 Å². The highest BCUT2D eigenvalue weighted by Crippen LogP contribution is 2.31. The molecule has 0 saturated heterocycles. The van der Waals surface area contributed by atoms with Crippen molar-refractivity contribution >= 4 is 11.3 Å². The van der Waals surface area contributed by atoms with Gasteiger partial charge in [-0.15, -0.1) is 11.3 Å². The number of aryl methyl sites for hydroxylation is 2.